The molecule has 2 saturated heterocycles. The molecule has 41 nitrogen and oxygen atoms in total. The van der Waals surface area contributed by atoms with Crippen molar-refractivity contribution in [2.24, 2.45) is 29.2 Å². The first-order chi connectivity index (χ1) is 59.5. The number of ether oxygens (including phenoxy) is 3. The third-order valence-corrected chi connectivity index (χ3v) is 20.9. The molecule has 1 unspecified atom stereocenters. The van der Waals surface area contributed by atoms with Gasteiger partial charge in [0.25, 0.3) is 0 Å². The predicted molar refractivity (Wildman–Crippen MR) is 459 cm³/mol. The third kappa shape index (κ3) is 31.7. The third-order valence-electron chi connectivity index (χ3n) is 20.9. The lowest BCUT2D eigenvalue weighted by Crippen LogP contribution is -2.61. The summed E-state index contributed by atoms with van der Waals surface area (Å²) in [4.78, 5) is 221. The number of guanidine groups is 1. The molecule has 15 amide bonds. The first-order valence-corrected chi connectivity index (χ1v) is 42.0. The molecule has 21 N–H and O–H groups in total. The standard InChI is InChI=1S/C84H122N22O19/c1-11-123-80(119)67-21-16-34-106(67)79(118)60(20-15-32-90-81(85)86)97-72(111)61(37-47(2)3)98-73(112)62(38-48(4)5)99-74(113)63(100-77(116)66(44-107)103-75(114)64(40-52-42-92-57-18-13-12-17-56(52)57)101-76(115)65(41-54-43-89-46-93-54)102-71(110)59-30-31-68(108)95-59)39-50-24-28-55(29-25-50)125-84(122)105(10)36-35-104(9)83(121)124-45-51-22-26-53(27-23-51)94-70(109)58(19-14-33-91-82(87)120)96-78(117)69(88-8)49(6)7/h12-13,17-18,22-29,42-43,46-49,58-67,69,88,92,107H,11,14-16,19-21,30-41,44-45H2,1-10H3,(H,89,93)(H,94,109)(H,95,108)(H,96,117)(H,97,111)(H,98,112)(H,99,113)(H,100,116)(H,101,115)(H,102,110)(H,103,114)(H4,85,86,90)(H3,87,91,120)/t58-,59?,60-,61-,62-,63-,64-,65-,66-,67-,69-/m0/s1. The van der Waals surface area contributed by atoms with Crippen LogP contribution < -0.4 is 85.3 Å². The lowest BCUT2D eigenvalue weighted by Gasteiger charge is -2.30. The zero-order valence-corrected chi connectivity index (χ0v) is 72.3. The first-order valence-electron chi connectivity index (χ1n) is 42.0. The minimum absolute atomic E-state index is 0.0141. The average Bonchev–Trinajstić information content (AvgIpc) is 1.70. The number of hydrogen-bond donors (Lipinski definition) is 19. The fourth-order valence-electron chi connectivity index (χ4n) is 14.2. The highest BCUT2D eigenvalue weighted by Crippen LogP contribution is 2.24. The van der Waals surface area contributed by atoms with E-state index in [2.05, 4.69) is 84.1 Å². The Bertz CT molecular complexity index is 4510. The molecule has 0 radical (unpaired) electrons. The number of benzene rings is 3. The smallest absolute Gasteiger partial charge is 0.415 e. The highest BCUT2D eigenvalue weighted by atomic mass is 16.6. The number of carbonyl (C=O) groups excluding carboxylic acids is 15. The number of nitrogens with one attached hydrogen (secondary N) is 16. The molecule has 3 aromatic carbocycles. The molecule has 0 aliphatic carbocycles. The van der Waals surface area contributed by atoms with Crippen LogP contribution in [0.4, 0.5) is 20.1 Å². The second-order valence-electron chi connectivity index (χ2n) is 32.1. The summed E-state index contributed by atoms with van der Waals surface area (Å²) < 4.78 is 16.5. The monoisotopic (exact) mass is 1740 g/mol. The van der Waals surface area contributed by atoms with Gasteiger partial charge in [-0.1, -0.05) is 84.0 Å². The van der Waals surface area contributed by atoms with Crippen LogP contribution in [0, 0.1) is 23.2 Å². The van der Waals surface area contributed by atoms with E-state index in [1.165, 1.54) is 65.6 Å². The lowest BCUT2D eigenvalue weighted by atomic mass is 9.98. The summed E-state index contributed by atoms with van der Waals surface area (Å²) in [6.07, 6.45) is 3.92. The van der Waals surface area contributed by atoms with E-state index in [1.54, 1.807) is 96.4 Å². The van der Waals surface area contributed by atoms with Crippen molar-refractivity contribution < 1.29 is 91.2 Å². The number of likely N-dealkylation sites (N-methyl/N-ethyl adjacent to an activating group) is 3. The maximum atomic E-state index is 15.2. The van der Waals surface area contributed by atoms with Gasteiger partial charge in [-0.3, -0.25) is 58.1 Å². The number of esters is 1. The number of likely N-dealkylation sites (tertiary alicyclic amines) is 1. The number of rotatable bonds is 48. The number of anilines is 1. The average molecular weight is 1740 g/mol. The number of aromatic nitrogens is 3. The second-order valence-corrected chi connectivity index (χ2v) is 32.1. The van der Waals surface area contributed by atoms with E-state index in [1.807, 2.05) is 13.8 Å². The van der Waals surface area contributed by atoms with Gasteiger partial charge in [0.15, 0.2) is 5.96 Å². The van der Waals surface area contributed by atoms with E-state index in [0.29, 0.717) is 58.2 Å². The van der Waals surface area contributed by atoms with E-state index in [4.69, 9.17) is 31.1 Å². The quantitative estimate of drug-likeness (QED) is 0.0108. The van der Waals surface area contributed by atoms with Crippen LogP contribution in [-0.2, 0) is 92.9 Å². The fraction of sp³-hybridized carbons (Fsp3) is 0.536. The molecular formula is C84H122N22O19. The zero-order valence-electron chi connectivity index (χ0n) is 72.3. The Morgan fingerprint density at radius 2 is 1.17 bits per heavy atom. The molecule has 41 heteroatoms. The van der Waals surface area contributed by atoms with Gasteiger partial charge in [0.05, 0.1) is 31.3 Å². The summed E-state index contributed by atoms with van der Waals surface area (Å²) >= 11 is 0. The van der Waals surface area contributed by atoms with E-state index in [0.717, 1.165) is 0 Å². The van der Waals surface area contributed by atoms with Crippen molar-refractivity contribution in [3.05, 3.63) is 114 Å². The Morgan fingerprint density at radius 3 is 1.74 bits per heavy atom. The van der Waals surface area contributed by atoms with Gasteiger partial charge in [-0.15, -0.1) is 0 Å². The highest BCUT2D eigenvalue weighted by molar-refractivity contribution is 6.01. The Kier molecular flexibility index (Phi) is 39.2. The van der Waals surface area contributed by atoms with Gasteiger partial charge in [0.2, 0.25) is 65.0 Å². The van der Waals surface area contributed by atoms with Gasteiger partial charge in [-0.2, -0.15) is 0 Å². The number of H-pyrrole nitrogens is 2. The number of aliphatic hydroxyl groups is 1. The molecular weight excluding hydrogens is 1620 g/mol. The molecule has 4 heterocycles. The van der Waals surface area contributed by atoms with Gasteiger partial charge >= 0.3 is 24.2 Å². The number of primary amides is 1. The molecule has 2 aliphatic heterocycles. The zero-order chi connectivity index (χ0) is 91.6. The number of aliphatic hydroxyl groups excluding tert-OH is 1. The molecule has 0 spiro atoms. The van der Waals surface area contributed by atoms with Gasteiger partial charge in [-0.05, 0) is 137 Å². The Hall–Kier alpha value is -13.0. The summed E-state index contributed by atoms with van der Waals surface area (Å²) in [6, 6.07) is 4.75. The van der Waals surface area contributed by atoms with Crippen LogP contribution in [0.1, 0.15) is 135 Å². The summed E-state index contributed by atoms with van der Waals surface area (Å²) in [6.45, 7) is 11.8. The molecule has 7 rings (SSSR count). The Balaban J connectivity index is 1.08. The number of aromatic amines is 2. The molecule has 11 atom stereocenters. The number of imidazole rings is 1. The summed E-state index contributed by atoms with van der Waals surface area (Å²) in [5.41, 5.74) is 13.6. The van der Waals surface area contributed by atoms with Crippen molar-refractivity contribution >= 4 is 112 Å². The first kappa shape index (κ1) is 99.2. The normalized spacial score (nSPS) is 15.8. The van der Waals surface area contributed by atoms with E-state index in [9.17, 15) is 72.2 Å². The Morgan fingerprint density at radius 1 is 0.616 bits per heavy atom. The minimum Gasteiger partial charge on any atom is -0.464 e. The van der Waals surface area contributed by atoms with Crippen molar-refractivity contribution in [1.82, 2.24) is 93.5 Å². The number of carbonyl (C=O) groups is 15. The molecule has 0 bridgehead atoms. The van der Waals surface area contributed by atoms with Crippen LogP contribution in [-0.4, -0.2) is 263 Å². The maximum Gasteiger partial charge on any atom is 0.415 e. The van der Waals surface area contributed by atoms with Crippen LogP contribution >= 0.6 is 0 Å². The second kappa shape index (κ2) is 49.4. The Labute approximate surface area is 725 Å². The van der Waals surface area contributed by atoms with Crippen molar-refractivity contribution in [2.45, 2.75) is 205 Å². The van der Waals surface area contributed by atoms with Crippen LogP contribution in [0.2, 0.25) is 0 Å². The molecule has 5 aromatic rings. The number of nitrogens with two attached hydrogens (primary N) is 2. The summed E-state index contributed by atoms with van der Waals surface area (Å²) in [7, 11) is 4.53. The number of urea groups is 1. The van der Waals surface area contributed by atoms with E-state index >= 15 is 4.79 Å². The summed E-state index contributed by atoms with van der Waals surface area (Å²) in [5.74, 6) is -9.63. The number of hydrogen-bond acceptors (Lipinski definition) is 22. The molecule has 2 fully saturated rings. The van der Waals surface area contributed by atoms with Crippen molar-refractivity contribution in [1.29, 1.82) is 5.41 Å². The van der Waals surface area contributed by atoms with Gasteiger partial charge in [-0.25, -0.2) is 24.2 Å². The number of para-hydroxylation sites is 1. The molecule has 125 heavy (non-hydrogen) atoms. The fourth-order valence-corrected chi connectivity index (χ4v) is 14.2. The van der Waals surface area contributed by atoms with Crippen LogP contribution in [0.15, 0.2) is 91.5 Å². The van der Waals surface area contributed by atoms with Gasteiger partial charge < -0.3 is 125 Å². The van der Waals surface area contributed by atoms with Crippen LogP contribution in [0.5, 0.6) is 5.75 Å². The number of fused-ring (bicyclic) bond motifs is 1. The SMILES string of the molecule is CCOC(=O)[C@@H]1CCCN1C(=O)[C@H](CCCNC(=N)N)NC(=O)[C@H](CC(C)C)NC(=O)[C@H](CC(C)C)NC(=O)[C@H](Cc1ccc(OC(=O)N(C)CCN(C)C(=O)OCc2ccc(NC(=O)[C@H](CCCNC(N)=O)NC(=O)[C@@H](NC)C(C)C)cc2)cc1)NC(=O)[C@H](CO)NC(=O)[C@H](Cc1c[nH]c2ccccc12)NC(=O)[C@H](Cc1c[nH]cn1)NC(=O)C1CCC(=O)N1. The molecule has 682 valence electrons. The van der Waals surface area contributed by atoms with Crippen molar-refractivity contribution in [2.75, 3.05) is 72.4 Å². The van der Waals surface area contributed by atoms with Crippen LogP contribution in [0.3, 0.4) is 0 Å². The van der Waals surface area contributed by atoms with E-state index in [-0.39, 0.29) is 151 Å². The largest absolute Gasteiger partial charge is 0.464 e. The van der Waals surface area contributed by atoms with Gasteiger partial charge in [0.1, 0.15) is 72.8 Å². The maximum absolute atomic E-state index is 15.2. The number of amides is 15. The van der Waals surface area contributed by atoms with Gasteiger partial charge in [0, 0.05) is 101 Å². The van der Waals surface area contributed by atoms with Crippen molar-refractivity contribution in [3.8, 4) is 5.75 Å². The minimum atomic E-state index is -1.86. The topological polar surface area (TPSA) is 590 Å². The predicted octanol–water partition coefficient (Wildman–Crippen LogP) is 0.308. The molecule has 0 saturated carbocycles. The lowest BCUT2D eigenvalue weighted by molar-refractivity contribution is -0.154. The molecule has 2 aliphatic rings. The highest BCUT2D eigenvalue weighted by Gasteiger charge is 2.41. The van der Waals surface area contributed by atoms with Crippen LogP contribution in [0.25, 0.3) is 10.9 Å². The number of nitrogens with zero attached hydrogens (tertiary/aromatic N) is 4. The molecule has 2 aromatic heterocycles. The van der Waals surface area contributed by atoms with Crippen molar-refractivity contribution in [3.63, 3.8) is 0 Å². The van der Waals surface area contributed by atoms with E-state index < -0.39 is 150 Å². The summed E-state index contributed by atoms with van der Waals surface area (Å²) in [5, 5.41) is 54.6.